The van der Waals surface area contributed by atoms with Crippen molar-refractivity contribution in [3.05, 3.63) is 36.3 Å². The van der Waals surface area contributed by atoms with Crippen LogP contribution >= 0.6 is 0 Å². The average Bonchev–Trinajstić information content (AvgIpc) is 3.28. The third-order valence-electron chi connectivity index (χ3n) is 5.70. The van der Waals surface area contributed by atoms with Gasteiger partial charge in [0.1, 0.15) is 6.33 Å². The molecule has 1 unspecified atom stereocenters. The van der Waals surface area contributed by atoms with Crippen molar-refractivity contribution in [2.24, 2.45) is 0 Å². The Morgan fingerprint density at radius 1 is 1.25 bits per heavy atom. The fraction of sp³-hybridized carbons (Fsp3) is 0.389. The molecule has 0 bridgehead atoms. The third-order valence-corrected chi connectivity index (χ3v) is 7.54. The first-order valence-electron chi connectivity index (χ1n) is 9.09. The Labute approximate surface area is 162 Å². The first kappa shape index (κ1) is 17.5. The minimum Gasteiger partial charge on any atom is -0.381 e. The SMILES string of the molecule is Cc1ccc(S(=O)(=O)N2CCC3(CCO3)C2)cc1-c1cnc2c(N)ncnn12. The van der Waals surface area contributed by atoms with Crippen LogP contribution in [-0.4, -0.2) is 57.6 Å². The normalized spacial score (nSPS) is 22.8. The molecular weight excluding hydrogens is 380 g/mol. The second kappa shape index (κ2) is 5.97. The van der Waals surface area contributed by atoms with Crippen LogP contribution in [0.25, 0.3) is 16.9 Å². The number of anilines is 1. The van der Waals surface area contributed by atoms with Crippen LogP contribution in [0.2, 0.25) is 0 Å². The van der Waals surface area contributed by atoms with E-state index in [1.54, 1.807) is 28.9 Å². The number of sulfonamides is 1. The van der Waals surface area contributed by atoms with E-state index < -0.39 is 10.0 Å². The van der Waals surface area contributed by atoms with Gasteiger partial charge in [0.15, 0.2) is 11.5 Å². The molecule has 146 valence electrons. The van der Waals surface area contributed by atoms with E-state index in [2.05, 4.69) is 15.1 Å². The summed E-state index contributed by atoms with van der Waals surface area (Å²) in [7, 11) is -3.61. The molecule has 9 nitrogen and oxygen atoms in total. The van der Waals surface area contributed by atoms with Crippen molar-refractivity contribution in [1.29, 1.82) is 0 Å². The molecule has 2 aliphatic rings. The van der Waals surface area contributed by atoms with Gasteiger partial charge in [-0.3, -0.25) is 0 Å². The van der Waals surface area contributed by atoms with Crippen LogP contribution in [0.5, 0.6) is 0 Å². The highest BCUT2D eigenvalue weighted by Gasteiger charge is 2.48. The molecular formula is C18H20N6O3S. The highest BCUT2D eigenvalue weighted by molar-refractivity contribution is 7.89. The summed E-state index contributed by atoms with van der Waals surface area (Å²) in [5.41, 5.74) is 8.34. The summed E-state index contributed by atoms with van der Waals surface area (Å²) in [5, 5.41) is 4.21. The summed E-state index contributed by atoms with van der Waals surface area (Å²) < 4.78 is 35.2. The number of aryl methyl sites for hydroxylation is 1. The molecule has 28 heavy (non-hydrogen) atoms. The zero-order valence-corrected chi connectivity index (χ0v) is 16.2. The Hall–Kier alpha value is -2.56. The number of nitrogens with two attached hydrogens (primary N) is 1. The van der Waals surface area contributed by atoms with Gasteiger partial charge in [-0.2, -0.15) is 9.40 Å². The minimum atomic E-state index is -3.61. The zero-order valence-electron chi connectivity index (χ0n) is 15.4. The number of aromatic nitrogens is 4. The van der Waals surface area contributed by atoms with E-state index in [-0.39, 0.29) is 16.3 Å². The summed E-state index contributed by atoms with van der Waals surface area (Å²) >= 11 is 0. The number of benzene rings is 1. The van der Waals surface area contributed by atoms with Crippen molar-refractivity contribution in [3.63, 3.8) is 0 Å². The molecule has 10 heteroatoms. The number of hydrogen-bond donors (Lipinski definition) is 1. The van der Waals surface area contributed by atoms with Crippen LogP contribution in [0.3, 0.4) is 0 Å². The van der Waals surface area contributed by atoms with E-state index in [4.69, 9.17) is 10.5 Å². The van der Waals surface area contributed by atoms with E-state index in [1.165, 1.54) is 10.6 Å². The Morgan fingerprint density at radius 3 is 2.79 bits per heavy atom. The van der Waals surface area contributed by atoms with Gasteiger partial charge >= 0.3 is 0 Å². The molecule has 1 aromatic carbocycles. The predicted octanol–water partition coefficient (Wildman–Crippen LogP) is 1.24. The van der Waals surface area contributed by atoms with Crippen LogP contribution in [0.1, 0.15) is 18.4 Å². The van der Waals surface area contributed by atoms with E-state index in [1.807, 2.05) is 6.92 Å². The van der Waals surface area contributed by atoms with Crippen molar-refractivity contribution >= 4 is 21.5 Å². The summed E-state index contributed by atoms with van der Waals surface area (Å²) in [4.78, 5) is 8.47. The number of fused-ring (bicyclic) bond motifs is 1. The molecule has 0 saturated carbocycles. The zero-order chi connectivity index (χ0) is 19.5. The molecule has 1 spiro atoms. The minimum absolute atomic E-state index is 0.251. The van der Waals surface area contributed by atoms with Gasteiger partial charge in [-0.1, -0.05) is 6.07 Å². The van der Waals surface area contributed by atoms with E-state index in [9.17, 15) is 8.42 Å². The number of nitrogen functional groups attached to an aromatic ring is 1. The highest BCUT2D eigenvalue weighted by atomic mass is 32.2. The molecule has 3 aromatic rings. The van der Waals surface area contributed by atoms with E-state index >= 15 is 0 Å². The van der Waals surface area contributed by atoms with Gasteiger partial charge in [0, 0.05) is 25.1 Å². The Morgan fingerprint density at radius 2 is 2.07 bits per heavy atom. The third kappa shape index (κ3) is 2.52. The maximum absolute atomic E-state index is 13.2. The molecule has 1 atom stereocenters. The first-order valence-corrected chi connectivity index (χ1v) is 10.5. The van der Waals surface area contributed by atoms with Crippen LogP contribution in [0.4, 0.5) is 5.82 Å². The monoisotopic (exact) mass is 400 g/mol. The number of imidazole rings is 1. The lowest BCUT2D eigenvalue weighted by atomic mass is 9.94. The molecule has 0 amide bonds. The number of rotatable bonds is 3. The Kier molecular flexibility index (Phi) is 3.74. The van der Waals surface area contributed by atoms with E-state index in [0.717, 1.165) is 24.0 Å². The fourth-order valence-electron chi connectivity index (χ4n) is 3.93. The lowest BCUT2D eigenvalue weighted by Crippen LogP contribution is -2.46. The molecule has 2 saturated heterocycles. The van der Waals surface area contributed by atoms with Gasteiger partial charge in [-0.25, -0.2) is 22.9 Å². The number of ether oxygens (including phenoxy) is 1. The second-order valence-electron chi connectivity index (χ2n) is 7.37. The molecule has 2 aliphatic heterocycles. The first-order chi connectivity index (χ1) is 13.4. The summed E-state index contributed by atoms with van der Waals surface area (Å²) in [5.74, 6) is 0.269. The van der Waals surface area contributed by atoms with Gasteiger partial charge in [0.05, 0.1) is 29.0 Å². The second-order valence-corrected chi connectivity index (χ2v) is 9.31. The number of hydrogen-bond acceptors (Lipinski definition) is 7. The lowest BCUT2D eigenvalue weighted by molar-refractivity contribution is -0.134. The topological polar surface area (TPSA) is 116 Å². The largest absolute Gasteiger partial charge is 0.381 e. The van der Waals surface area contributed by atoms with Crippen LogP contribution < -0.4 is 5.73 Å². The Bertz CT molecular complexity index is 1190. The molecule has 0 aliphatic carbocycles. The molecule has 5 rings (SSSR count). The lowest BCUT2D eigenvalue weighted by Gasteiger charge is -2.38. The van der Waals surface area contributed by atoms with Crippen molar-refractivity contribution in [2.75, 3.05) is 25.4 Å². The molecule has 4 heterocycles. The predicted molar refractivity (Wildman–Crippen MR) is 102 cm³/mol. The number of nitrogens with zero attached hydrogens (tertiary/aromatic N) is 5. The molecule has 2 aromatic heterocycles. The molecule has 2 N–H and O–H groups in total. The smallest absolute Gasteiger partial charge is 0.243 e. The Balaban J connectivity index is 1.57. The van der Waals surface area contributed by atoms with Crippen LogP contribution in [0, 0.1) is 6.92 Å². The maximum Gasteiger partial charge on any atom is 0.243 e. The summed E-state index contributed by atoms with van der Waals surface area (Å²) in [6.07, 6.45) is 4.65. The molecule has 0 radical (unpaired) electrons. The van der Waals surface area contributed by atoms with Gasteiger partial charge in [-0.05, 0) is 31.0 Å². The quantitative estimate of drug-likeness (QED) is 0.703. The summed E-state index contributed by atoms with van der Waals surface area (Å²) in [6.45, 7) is 3.52. The van der Waals surface area contributed by atoms with Gasteiger partial charge in [-0.15, -0.1) is 0 Å². The van der Waals surface area contributed by atoms with Crippen molar-refractivity contribution in [1.82, 2.24) is 23.9 Å². The van der Waals surface area contributed by atoms with Gasteiger partial charge < -0.3 is 10.5 Å². The van der Waals surface area contributed by atoms with Gasteiger partial charge in [0.2, 0.25) is 10.0 Å². The summed E-state index contributed by atoms with van der Waals surface area (Å²) in [6, 6.07) is 5.13. The van der Waals surface area contributed by atoms with Crippen LogP contribution in [0.15, 0.2) is 35.6 Å². The van der Waals surface area contributed by atoms with Gasteiger partial charge in [0.25, 0.3) is 0 Å². The van der Waals surface area contributed by atoms with Crippen molar-refractivity contribution in [3.8, 4) is 11.3 Å². The van der Waals surface area contributed by atoms with Crippen molar-refractivity contribution in [2.45, 2.75) is 30.3 Å². The fourth-order valence-corrected chi connectivity index (χ4v) is 5.47. The standard InChI is InChI=1S/C18H20N6O3S/c1-12-2-3-13(28(25,26)23-6-4-18(10-23)5-7-27-18)8-14(12)15-9-20-17-16(19)21-11-22-24(15)17/h2-3,8-9,11H,4-7,10H2,1H3,(H2,19,21,22). The highest BCUT2D eigenvalue weighted by Crippen LogP contribution is 2.38. The van der Waals surface area contributed by atoms with E-state index in [0.29, 0.717) is 31.0 Å². The van der Waals surface area contributed by atoms with Crippen molar-refractivity contribution < 1.29 is 13.2 Å². The average molecular weight is 400 g/mol. The maximum atomic E-state index is 13.2. The molecule has 2 fully saturated rings. The van der Waals surface area contributed by atoms with Crippen LogP contribution in [-0.2, 0) is 14.8 Å².